The minimum absolute atomic E-state index is 0.0175. The third kappa shape index (κ3) is 4.73. The van der Waals surface area contributed by atoms with Crippen molar-refractivity contribution >= 4 is 17.3 Å². The fourth-order valence-electron chi connectivity index (χ4n) is 2.23. The van der Waals surface area contributed by atoms with Gasteiger partial charge in [0, 0.05) is 23.3 Å². The van der Waals surface area contributed by atoms with Gasteiger partial charge < -0.3 is 0 Å². The highest BCUT2D eigenvalue weighted by molar-refractivity contribution is 6.01. The summed E-state index contributed by atoms with van der Waals surface area (Å²) in [5.41, 5.74) is 5.20. The van der Waals surface area contributed by atoms with E-state index in [-0.39, 0.29) is 17.0 Å². The Morgan fingerprint density at radius 3 is 2.28 bits per heavy atom. The monoisotopic (exact) mass is 339 g/mol. The van der Waals surface area contributed by atoms with E-state index in [1.807, 2.05) is 12.1 Å². The van der Waals surface area contributed by atoms with Crippen molar-refractivity contribution in [3.63, 3.8) is 0 Å². The molecule has 2 rings (SSSR count). The number of benzene rings is 2. The number of hydrazone groups is 1. The van der Waals surface area contributed by atoms with E-state index >= 15 is 0 Å². The second-order valence-electron chi connectivity index (χ2n) is 6.77. The van der Waals surface area contributed by atoms with Gasteiger partial charge in [-0.15, -0.1) is 0 Å². The van der Waals surface area contributed by atoms with Gasteiger partial charge in [0.05, 0.1) is 10.6 Å². The largest absolute Gasteiger partial charge is 0.271 e. The topological polar surface area (TPSA) is 84.6 Å². The summed E-state index contributed by atoms with van der Waals surface area (Å²) in [4.78, 5) is 22.5. The Kier molecular flexibility index (Phi) is 5.32. The molecule has 0 atom stereocenters. The molecular formula is C19H21N3O3. The highest BCUT2D eigenvalue weighted by atomic mass is 16.6. The second-order valence-corrected chi connectivity index (χ2v) is 6.77. The van der Waals surface area contributed by atoms with Crippen LogP contribution >= 0.6 is 0 Å². The Balaban J connectivity index is 2.11. The van der Waals surface area contributed by atoms with Crippen LogP contribution in [0.3, 0.4) is 0 Å². The molecule has 0 unspecified atom stereocenters. The molecule has 0 aliphatic carbocycles. The van der Waals surface area contributed by atoms with Crippen LogP contribution in [-0.4, -0.2) is 16.5 Å². The molecule has 0 saturated heterocycles. The Morgan fingerprint density at radius 2 is 1.72 bits per heavy atom. The fraction of sp³-hybridized carbons (Fsp3) is 0.263. The van der Waals surface area contributed by atoms with Crippen LogP contribution < -0.4 is 5.43 Å². The molecule has 25 heavy (non-hydrogen) atoms. The van der Waals surface area contributed by atoms with Crippen LogP contribution in [0.15, 0.2) is 53.6 Å². The van der Waals surface area contributed by atoms with Crippen LogP contribution in [0, 0.1) is 10.1 Å². The molecule has 2 aromatic carbocycles. The maximum Gasteiger partial charge on any atom is 0.271 e. The zero-order valence-electron chi connectivity index (χ0n) is 14.7. The zero-order chi connectivity index (χ0) is 18.6. The van der Waals surface area contributed by atoms with Gasteiger partial charge in [-0.05, 0) is 30.0 Å². The van der Waals surface area contributed by atoms with E-state index in [1.54, 1.807) is 31.2 Å². The quantitative estimate of drug-likeness (QED) is 0.518. The first-order valence-electron chi connectivity index (χ1n) is 7.88. The lowest BCUT2D eigenvalue weighted by atomic mass is 9.87. The maximum atomic E-state index is 12.2. The van der Waals surface area contributed by atoms with E-state index in [1.165, 1.54) is 12.1 Å². The lowest BCUT2D eigenvalue weighted by Gasteiger charge is -2.18. The summed E-state index contributed by atoms with van der Waals surface area (Å²) in [7, 11) is 0. The van der Waals surface area contributed by atoms with E-state index in [9.17, 15) is 14.9 Å². The Bertz CT molecular complexity index is 819. The van der Waals surface area contributed by atoms with E-state index < -0.39 is 4.92 Å². The van der Waals surface area contributed by atoms with Gasteiger partial charge in [0.25, 0.3) is 11.6 Å². The Labute approximate surface area is 146 Å². The predicted octanol–water partition coefficient (Wildman–Crippen LogP) is 4.05. The molecule has 1 amide bonds. The van der Waals surface area contributed by atoms with Gasteiger partial charge in [0.2, 0.25) is 0 Å². The van der Waals surface area contributed by atoms with Crippen molar-refractivity contribution in [1.29, 1.82) is 0 Å². The standard InChI is InChI=1S/C19H21N3O3/c1-13(15-6-5-7-17(12-15)22(24)25)20-21-18(23)14-8-10-16(11-9-14)19(2,3)4/h5-12H,1-4H3,(H,21,23)/b20-13+. The number of hydrogen-bond acceptors (Lipinski definition) is 4. The average Bonchev–Trinajstić information content (AvgIpc) is 2.58. The molecule has 130 valence electrons. The molecule has 0 aliphatic heterocycles. The van der Waals surface area contributed by atoms with E-state index in [4.69, 9.17) is 0 Å². The number of carbonyl (C=O) groups excluding carboxylic acids is 1. The van der Waals surface area contributed by atoms with Crippen LogP contribution in [-0.2, 0) is 5.41 Å². The molecule has 0 bridgehead atoms. The summed E-state index contributed by atoms with van der Waals surface area (Å²) in [6, 6.07) is 13.5. The molecule has 1 N–H and O–H groups in total. The van der Waals surface area contributed by atoms with Gasteiger partial charge in [0.15, 0.2) is 0 Å². The van der Waals surface area contributed by atoms with Crippen molar-refractivity contribution < 1.29 is 9.72 Å². The number of non-ortho nitro benzene ring substituents is 1. The van der Waals surface area contributed by atoms with Crippen molar-refractivity contribution in [2.75, 3.05) is 0 Å². The van der Waals surface area contributed by atoms with Crippen molar-refractivity contribution in [3.05, 3.63) is 75.3 Å². The summed E-state index contributed by atoms with van der Waals surface area (Å²) in [6.07, 6.45) is 0. The number of rotatable bonds is 4. The van der Waals surface area contributed by atoms with E-state index in [0.29, 0.717) is 16.8 Å². The molecule has 0 aromatic heterocycles. The molecule has 6 nitrogen and oxygen atoms in total. The highest BCUT2D eigenvalue weighted by Crippen LogP contribution is 2.22. The van der Waals surface area contributed by atoms with Crippen LogP contribution in [0.5, 0.6) is 0 Å². The molecule has 0 heterocycles. The lowest BCUT2D eigenvalue weighted by molar-refractivity contribution is -0.384. The van der Waals surface area contributed by atoms with Crippen molar-refractivity contribution in [2.45, 2.75) is 33.1 Å². The average molecular weight is 339 g/mol. The number of nitrogens with one attached hydrogen (secondary N) is 1. The molecule has 0 aliphatic rings. The van der Waals surface area contributed by atoms with Crippen LogP contribution in [0.1, 0.15) is 49.2 Å². The molecular weight excluding hydrogens is 318 g/mol. The normalized spacial score (nSPS) is 11.9. The first-order chi connectivity index (χ1) is 11.7. The zero-order valence-corrected chi connectivity index (χ0v) is 14.7. The van der Waals surface area contributed by atoms with Gasteiger partial charge in [-0.3, -0.25) is 14.9 Å². The molecule has 6 heteroatoms. The number of nitro benzene ring substituents is 1. The minimum Gasteiger partial charge on any atom is -0.267 e. The molecule has 2 aromatic rings. The van der Waals surface area contributed by atoms with Gasteiger partial charge in [-0.25, -0.2) is 5.43 Å². The van der Waals surface area contributed by atoms with E-state index in [0.717, 1.165) is 5.56 Å². The highest BCUT2D eigenvalue weighted by Gasteiger charge is 2.14. The predicted molar refractivity (Wildman–Crippen MR) is 97.9 cm³/mol. The summed E-state index contributed by atoms with van der Waals surface area (Å²) < 4.78 is 0. The van der Waals surface area contributed by atoms with Crippen molar-refractivity contribution in [2.24, 2.45) is 5.10 Å². The lowest BCUT2D eigenvalue weighted by Crippen LogP contribution is -2.20. The molecule has 0 saturated carbocycles. The minimum atomic E-state index is -0.466. The molecule has 0 radical (unpaired) electrons. The van der Waals surface area contributed by atoms with Gasteiger partial charge >= 0.3 is 0 Å². The first kappa shape index (κ1) is 18.3. The molecule has 0 fully saturated rings. The summed E-state index contributed by atoms with van der Waals surface area (Å²) in [5.74, 6) is -0.328. The number of carbonyl (C=O) groups is 1. The Hall–Kier alpha value is -3.02. The third-order valence-electron chi connectivity index (χ3n) is 3.81. The van der Waals surface area contributed by atoms with Gasteiger partial charge in [-0.1, -0.05) is 45.0 Å². The van der Waals surface area contributed by atoms with E-state index in [2.05, 4.69) is 31.3 Å². The van der Waals surface area contributed by atoms with Crippen LogP contribution in [0.25, 0.3) is 0 Å². The second kappa shape index (κ2) is 7.25. The maximum absolute atomic E-state index is 12.2. The van der Waals surface area contributed by atoms with Crippen LogP contribution in [0.4, 0.5) is 5.69 Å². The number of nitrogens with zero attached hydrogens (tertiary/aromatic N) is 2. The summed E-state index contributed by atoms with van der Waals surface area (Å²) in [5, 5.41) is 14.9. The number of nitro groups is 1. The van der Waals surface area contributed by atoms with Gasteiger partial charge in [0.1, 0.15) is 0 Å². The SMILES string of the molecule is C/C(=N\NC(=O)c1ccc(C(C)(C)C)cc1)c1cccc([N+](=O)[O-])c1. The van der Waals surface area contributed by atoms with Crippen molar-refractivity contribution in [3.8, 4) is 0 Å². The van der Waals surface area contributed by atoms with Crippen LogP contribution in [0.2, 0.25) is 0 Å². The molecule has 0 spiro atoms. The number of hydrogen-bond donors (Lipinski definition) is 1. The van der Waals surface area contributed by atoms with Crippen molar-refractivity contribution in [1.82, 2.24) is 5.43 Å². The van der Waals surface area contributed by atoms with Gasteiger partial charge in [-0.2, -0.15) is 5.10 Å². The third-order valence-corrected chi connectivity index (χ3v) is 3.81. The smallest absolute Gasteiger partial charge is 0.267 e. The summed E-state index contributed by atoms with van der Waals surface area (Å²) >= 11 is 0. The fourth-order valence-corrected chi connectivity index (χ4v) is 2.23. The number of amides is 1. The summed E-state index contributed by atoms with van der Waals surface area (Å²) in [6.45, 7) is 8.00. The Morgan fingerprint density at radius 1 is 1.08 bits per heavy atom. The first-order valence-corrected chi connectivity index (χ1v) is 7.88.